The van der Waals surface area contributed by atoms with E-state index in [-0.39, 0.29) is 21.4 Å². The van der Waals surface area contributed by atoms with Crippen LogP contribution in [-0.4, -0.2) is 76.2 Å². The van der Waals surface area contributed by atoms with Crippen molar-refractivity contribution in [3.05, 3.63) is 46.4 Å². The van der Waals surface area contributed by atoms with Gasteiger partial charge in [0.2, 0.25) is 5.95 Å². The number of nitrogens with one attached hydrogen (secondary N) is 4. The summed E-state index contributed by atoms with van der Waals surface area (Å²) in [7, 11) is 3.46. The smallest absolute Gasteiger partial charge is 0.262 e. The molecule has 2 heterocycles. The molecular weight excluding hydrogens is 562 g/mol. The van der Waals surface area contributed by atoms with Crippen molar-refractivity contribution in [3.63, 3.8) is 0 Å². The van der Waals surface area contributed by atoms with Gasteiger partial charge in [-0.05, 0) is 88.7 Å². The topological polar surface area (TPSA) is 130 Å². The molecule has 1 saturated heterocycles. The van der Waals surface area contributed by atoms with E-state index in [1.54, 1.807) is 20.4 Å². The second kappa shape index (κ2) is 14.6. The maximum atomic E-state index is 12.6. The predicted octanol–water partition coefficient (Wildman–Crippen LogP) is 5.16. The first-order valence-electron chi connectivity index (χ1n) is 14.2. The molecule has 1 saturated carbocycles. The van der Waals surface area contributed by atoms with Crippen LogP contribution in [0.4, 0.5) is 17.5 Å². The number of halogens is 1. The fourth-order valence-electron chi connectivity index (χ4n) is 4.80. The summed E-state index contributed by atoms with van der Waals surface area (Å²) in [6.07, 6.45) is 7.61. The van der Waals surface area contributed by atoms with Gasteiger partial charge in [0, 0.05) is 38.1 Å². The molecule has 0 amide bonds. The van der Waals surface area contributed by atoms with Crippen LogP contribution in [0.25, 0.3) is 0 Å². The molecule has 1 aromatic heterocycles. The highest BCUT2D eigenvalue weighted by Gasteiger charge is 2.28. The third-order valence-electron chi connectivity index (χ3n) is 7.23. The fraction of sp³-hybridized carbons (Fsp3) is 0.552. The van der Waals surface area contributed by atoms with Crippen LogP contribution in [0.2, 0.25) is 5.02 Å². The average Bonchev–Trinajstić information content (AvgIpc) is 3.78. The summed E-state index contributed by atoms with van der Waals surface area (Å²) < 4.78 is 24.2. The third-order valence-corrected chi connectivity index (χ3v) is 8.99. The minimum absolute atomic E-state index is 0.0469. The van der Waals surface area contributed by atoms with Crippen molar-refractivity contribution in [2.45, 2.75) is 63.7 Å². The molecule has 0 bridgehead atoms. The Labute approximate surface area is 251 Å². The van der Waals surface area contributed by atoms with Crippen LogP contribution in [0.5, 0.6) is 5.75 Å². The molecule has 4 N–H and O–H groups in total. The van der Waals surface area contributed by atoms with Gasteiger partial charge in [-0.1, -0.05) is 11.6 Å². The van der Waals surface area contributed by atoms with Gasteiger partial charge in [0.25, 0.3) is 5.04 Å². The largest absolute Gasteiger partial charge is 0.610 e. The van der Waals surface area contributed by atoms with Gasteiger partial charge in [0.15, 0.2) is 5.82 Å². The summed E-state index contributed by atoms with van der Waals surface area (Å²) in [6, 6.07) is 4.31. The maximum absolute atomic E-state index is 12.6. The summed E-state index contributed by atoms with van der Waals surface area (Å²) in [5.41, 5.74) is 3.64. The van der Waals surface area contributed by atoms with E-state index in [0.29, 0.717) is 23.4 Å². The molecule has 1 aliphatic carbocycles. The molecule has 1 aliphatic heterocycles. The van der Waals surface area contributed by atoms with Crippen molar-refractivity contribution >= 4 is 45.3 Å². The van der Waals surface area contributed by atoms with E-state index in [9.17, 15) is 4.55 Å². The molecule has 0 radical (unpaired) electrons. The van der Waals surface area contributed by atoms with Gasteiger partial charge in [-0.25, -0.2) is 4.98 Å². The molecule has 2 aromatic rings. The Kier molecular flexibility index (Phi) is 11.1. The zero-order chi connectivity index (χ0) is 29.5. The van der Waals surface area contributed by atoms with Crippen molar-refractivity contribution in [3.8, 4) is 5.75 Å². The Bertz CT molecular complexity index is 1230. The molecule has 1 unspecified atom stereocenters. The quantitative estimate of drug-likeness (QED) is 0.139. The number of likely N-dealkylation sites (tertiary alicyclic amines) is 1. The Balaban J connectivity index is 1.55. The molecule has 1 aromatic carbocycles. The van der Waals surface area contributed by atoms with E-state index >= 15 is 0 Å². The lowest BCUT2D eigenvalue weighted by atomic mass is 9.86. The first kappa shape index (κ1) is 31.4. The SMILES string of the molecule is CN/C=C(/Nc1nc(Nc2cc(C)c(C3CCN(CCOC)CC3)cc2OC2CC2)ncc1Cl)C(=N)[S+]([O-])C(C)C. The second-order valence-electron chi connectivity index (χ2n) is 10.8. The Hall–Kier alpha value is -2.57. The number of hydrogen-bond donors (Lipinski definition) is 4. The summed E-state index contributed by atoms with van der Waals surface area (Å²) >= 11 is 4.93. The summed E-state index contributed by atoms with van der Waals surface area (Å²) in [4.78, 5) is 11.4. The number of benzene rings is 1. The second-order valence-corrected chi connectivity index (χ2v) is 13.1. The molecule has 41 heavy (non-hydrogen) atoms. The standard InChI is InChI=1S/C29H42ClN7O3S/c1-18(2)41(38)27(31)25(17-32-4)34-28-23(30)16-33-29(36-28)35-24-14-19(3)22(15-26(24)40-21-6-7-21)20-8-10-37(11-9-20)12-13-39-5/h14-18,20-21,31-32H,6-13H2,1-5H3,(H2,33,34,35,36)/b25-17+,31-27?. The van der Waals surface area contributed by atoms with Crippen LogP contribution in [0, 0.1) is 12.3 Å². The number of aromatic nitrogens is 2. The predicted molar refractivity (Wildman–Crippen MR) is 167 cm³/mol. The van der Waals surface area contributed by atoms with Gasteiger partial charge in [0.1, 0.15) is 21.7 Å². The maximum Gasteiger partial charge on any atom is 0.262 e. The molecule has 2 aliphatic rings. The third kappa shape index (κ3) is 8.48. The van der Waals surface area contributed by atoms with Gasteiger partial charge in [-0.15, -0.1) is 0 Å². The van der Waals surface area contributed by atoms with Crippen molar-refractivity contribution in [1.82, 2.24) is 20.2 Å². The molecular formula is C29H42ClN7O3S. The number of nitrogens with zero attached hydrogens (tertiary/aromatic N) is 3. The van der Waals surface area contributed by atoms with Crippen molar-refractivity contribution < 1.29 is 14.0 Å². The van der Waals surface area contributed by atoms with E-state index in [1.807, 2.05) is 13.8 Å². The van der Waals surface area contributed by atoms with Crippen LogP contribution in [0.15, 0.2) is 30.2 Å². The lowest BCUT2D eigenvalue weighted by Gasteiger charge is -2.33. The van der Waals surface area contributed by atoms with Gasteiger partial charge in [-0.3, -0.25) is 5.41 Å². The lowest BCUT2D eigenvalue weighted by molar-refractivity contribution is 0.130. The van der Waals surface area contributed by atoms with Gasteiger partial charge in [0.05, 0.1) is 24.6 Å². The summed E-state index contributed by atoms with van der Waals surface area (Å²) in [5.74, 6) is 1.91. The molecule has 12 heteroatoms. The first-order chi connectivity index (χ1) is 19.7. The summed E-state index contributed by atoms with van der Waals surface area (Å²) in [5, 5.41) is 17.7. The average molecular weight is 604 g/mol. The Morgan fingerprint density at radius 2 is 2.00 bits per heavy atom. The number of rotatable bonds is 13. The first-order valence-corrected chi connectivity index (χ1v) is 15.7. The van der Waals surface area contributed by atoms with E-state index < -0.39 is 11.2 Å². The number of anilines is 3. The van der Waals surface area contributed by atoms with Gasteiger partial charge >= 0.3 is 0 Å². The Morgan fingerprint density at radius 3 is 2.63 bits per heavy atom. The number of piperidine rings is 1. The van der Waals surface area contributed by atoms with Gasteiger partial charge < -0.3 is 34.9 Å². The molecule has 10 nitrogen and oxygen atoms in total. The minimum Gasteiger partial charge on any atom is -0.610 e. The molecule has 1 atom stereocenters. The molecule has 2 fully saturated rings. The van der Waals surface area contributed by atoms with E-state index in [4.69, 9.17) is 26.5 Å². The van der Waals surface area contributed by atoms with E-state index in [2.05, 4.69) is 49.9 Å². The van der Waals surface area contributed by atoms with Crippen molar-refractivity contribution in [2.24, 2.45) is 0 Å². The van der Waals surface area contributed by atoms with Crippen LogP contribution in [0.3, 0.4) is 0 Å². The number of methoxy groups -OCH3 is 1. The molecule has 4 rings (SSSR count). The van der Waals surface area contributed by atoms with Crippen LogP contribution in [0.1, 0.15) is 56.6 Å². The normalized spacial score (nSPS) is 17.4. The van der Waals surface area contributed by atoms with Crippen LogP contribution in [-0.2, 0) is 15.9 Å². The van der Waals surface area contributed by atoms with Crippen LogP contribution >= 0.6 is 11.6 Å². The number of ether oxygens (including phenoxy) is 2. The lowest BCUT2D eigenvalue weighted by Crippen LogP contribution is -2.35. The van der Waals surface area contributed by atoms with Crippen molar-refractivity contribution in [2.75, 3.05) is 51.0 Å². The minimum atomic E-state index is -1.49. The fourth-order valence-corrected chi connectivity index (χ4v) is 5.74. The van der Waals surface area contributed by atoms with E-state index in [0.717, 1.165) is 63.4 Å². The monoisotopic (exact) mass is 603 g/mol. The zero-order valence-electron chi connectivity index (χ0n) is 24.6. The van der Waals surface area contributed by atoms with E-state index in [1.165, 1.54) is 17.3 Å². The van der Waals surface area contributed by atoms with Crippen molar-refractivity contribution in [1.29, 1.82) is 5.41 Å². The molecule has 0 spiro atoms. The highest BCUT2D eigenvalue weighted by molar-refractivity contribution is 8.07. The highest BCUT2D eigenvalue weighted by Crippen LogP contribution is 2.40. The molecule has 224 valence electrons. The zero-order valence-corrected chi connectivity index (χ0v) is 26.1. The van der Waals surface area contributed by atoms with Crippen LogP contribution < -0.4 is 20.7 Å². The number of hydrogen-bond acceptors (Lipinski definition) is 10. The summed E-state index contributed by atoms with van der Waals surface area (Å²) in [6.45, 7) is 9.62. The van der Waals surface area contributed by atoms with Gasteiger partial charge in [-0.2, -0.15) is 4.98 Å². The highest BCUT2D eigenvalue weighted by atomic mass is 35.5. The Morgan fingerprint density at radius 1 is 1.27 bits per heavy atom. The number of aryl methyl sites for hydroxylation is 1.